The summed E-state index contributed by atoms with van der Waals surface area (Å²) in [7, 11) is -3.02. The van der Waals surface area contributed by atoms with Crippen LogP contribution in [0.2, 0.25) is 0 Å². The molecule has 1 heterocycles. The summed E-state index contributed by atoms with van der Waals surface area (Å²) in [5.41, 5.74) is 0. The highest BCUT2D eigenvalue weighted by Crippen LogP contribution is 2.22. The summed E-state index contributed by atoms with van der Waals surface area (Å²) >= 11 is 5.49. The highest BCUT2D eigenvalue weighted by Gasteiger charge is 2.29. The highest BCUT2D eigenvalue weighted by atomic mass is 35.5. The Bertz CT molecular complexity index is 266. The second-order valence-corrected chi connectivity index (χ2v) is 6.25. The summed E-state index contributed by atoms with van der Waals surface area (Å²) in [5.74, 6) is 1.18. The molecule has 0 amide bonds. The molecule has 3 nitrogen and oxygen atoms in total. The Labute approximate surface area is 91.5 Å². The lowest BCUT2D eigenvalue weighted by Crippen LogP contribution is -2.31. The first-order valence-electron chi connectivity index (χ1n) is 5.14. The standard InChI is InChI=1S/C9H18ClNO2S/c1-2-9-4-6-11(8-9)14(12,13)7-3-5-10/h9H,2-8H2,1H3. The first-order valence-corrected chi connectivity index (χ1v) is 7.28. The van der Waals surface area contributed by atoms with Gasteiger partial charge in [-0.1, -0.05) is 13.3 Å². The number of halogens is 1. The molecule has 84 valence electrons. The van der Waals surface area contributed by atoms with E-state index in [9.17, 15) is 8.42 Å². The summed E-state index contributed by atoms with van der Waals surface area (Å²) in [4.78, 5) is 0. The molecule has 0 radical (unpaired) electrons. The maximum atomic E-state index is 11.7. The fourth-order valence-electron chi connectivity index (χ4n) is 1.75. The van der Waals surface area contributed by atoms with Crippen molar-refractivity contribution in [3.8, 4) is 0 Å². The van der Waals surface area contributed by atoms with Gasteiger partial charge in [-0.3, -0.25) is 0 Å². The summed E-state index contributed by atoms with van der Waals surface area (Å²) in [6.07, 6.45) is 2.63. The van der Waals surface area contributed by atoms with E-state index in [4.69, 9.17) is 11.6 Å². The van der Waals surface area contributed by atoms with E-state index in [1.807, 2.05) is 0 Å². The van der Waals surface area contributed by atoms with Gasteiger partial charge in [0.15, 0.2) is 0 Å². The zero-order chi connectivity index (χ0) is 10.6. The Hall–Kier alpha value is 0.200. The monoisotopic (exact) mass is 239 g/mol. The maximum absolute atomic E-state index is 11.7. The van der Waals surface area contributed by atoms with Crippen LogP contribution < -0.4 is 0 Å². The summed E-state index contributed by atoms with van der Waals surface area (Å²) in [6, 6.07) is 0. The van der Waals surface area contributed by atoms with Crippen LogP contribution in [0.15, 0.2) is 0 Å². The van der Waals surface area contributed by atoms with Crippen LogP contribution in [0.4, 0.5) is 0 Å². The molecular weight excluding hydrogens is 222 g/mol. The molecule has 1 aliphatic rings. The number of hydrogen-bond donors (Lipinski definition) is 0. The van der Waals surface area contributed by atoms with Crippen molar-refractivity contribution in [3.05, 3.63) is 0 Å². The van der Waals surface area contributed by atoms with Crippen molar-refractivity contribution in [2.75, 3.05) is 24.7 Å². The van der Waals surface area contributed by atoms with E-state index < -0.39 is 10.0 Å². The third-order valence-corrected chi connectivity index (χ3v) is 4.95. The van der Waals surface area contributed by atoms with Crippen LogP contribution >= 0.6 is 11.6 Å². The molecule has 1 unspecified atom stereocenters. The third-order valence-electron chi connectivity index (χ3n) is 2.76. The molecule has 0 aromatic rings. The average Bonchev–Trinajstić information content (AvgIpc) is 2.63. The molecule has 0 saturated carbocycles. The smallest absolute Gasteiger partial charge is 0.212 e. The quantitative estimate of drug-likeness (QED) is 0.685. The van der Waals surface area contributed by atoms with E-state index in [-0.39, 0.29) is 5.75 Å². The fraction of sp³-hybridized carbons (Fsp3) is 1.00. The van der Waals surface area contributed by atoms with E-state index in [1.54, 1.807) is 4.31 Å². The van der Waals surface area contributed by atoms with Crippen LogP contribution in [0.25, 0.3) is 0 Å². The largest absolute Gasteiger partial charge is 0.214 e. The van der Waals surface area contributed by atoms with Crippen LogP contribution in [0.3, 0.4) is 0 Å². The second-order valence-electron chi connectivity index (χ2n) is 3.78. The topological polar surface area (TPSA) is 37.4 Å². The van der Waals surface area contributed by atoms with Crippen molar-refractivity contribution >= 4 is 21.6 Å². The van der Waals surface area contributed by atoms with E-state index >= 15 is 0 Å². The Kier molecular flexibility index (Phi) is 4.67. The van der Waals surface area contributed by atoms with Crippen LogP contribution in [0.1, 0.15) is 26.2 Å². The zero-order valence-corrected chi connectivity index (χ0v) is 10.1. The molecule has 1 fully saturated rings. The predicted molar refractivity (Wildman–Crippen MR) is 59.1 cm³/mol. The predicted octanol–water partition coefficient (Wildman–Crippen LogP) is 1.68. The van der Waals surface area contributed by atoms with Crippen LogP contribution in [0, 0.1) is 5.92 Å². The maximum Gasteiger partial charge on any atom is 0.214 e. The van der Waals surface area contributed by atoms with Gasteiger partial charge in [0, 0.05) is 19.0 Å². The molecule has 5 heteroatoms. The van der Waals surface area contributed by atoms with E-state index in [0.717, 1.165) is 12.8 Å². The van der Waals surface area contributed by atoms with Crippen LogP contribution in [-0.2, 0) is 10.0 Å². The lowest BCUT2D eigenvalue weighted by molar-refractivity contribution is 0.452. The second kappa shape index (κ2) is 5.33. The van der Waals surface area contributed by atoms with E-state index in [0.29, 0.717) is 31.3 Å². The Morgan fingerprint density at radius 2 is 2.21 bits per heavy atom. The van der Waals surface area contributed by atoms with Gasteiger partial charge in [0.1, 0.15) is 0 Å². The number of rotatable bonds is 5. The number of alkyl halides is 1. The van der Waals surface area contributed by atoms with Crippen molar-refractivity contribution < 1.29 is 8.42 Å². The zero-order valence-electron chi connectivity index (χ0n) is 8.58. The molecule has 1 atom stereocenters. The van der Waals surface area contributed by atoms with Gasteiger partial charge in [0.05, 0.1) is 5.75 Å². The Balaban J connectivity index is 2.49. The van der Waals surface area contributed by atoms with Gasteiger partial charge < -0.3 is 0 Å². The van der Waals surface area contributed by atoms with Gasteiger partial charge in [-0.2, -0.15) is 0 Å². The van der Waals surface area contributed by atoms with Crippen LogP contribution in [-0.4, -0.2) is 37.4 Å². The molecule has 1 rings (SSSR count). The van der Waals surface area contributed by atoms with Crippen molar-refractivity contribution in [1.82, 2.24) is 4.31 Å². The van der Waals surface area contributed by atoms with Crippen molar-refractivity contribution in [1.29, 1.82) is 0 Å². The van der Waals surface area contributed by atoms with Crippen molar-refractivity contribution in [2.45, 2.75) is 26.2 Å². The minimum Gasteiger partial charge on any atom is -0.212 e. The van der Waals surface area contributed by atoms with E-state index in [2.05, 4.69) is 6.92 Å². The number of hydrogen-bond acceptors (Lipinski definition) is 2. The van der Waals surface area contributed by atoms with Gasteiger partial charge in [-0.25, -0.2) is 12.7 Å². The number of nitrogens with zero attached hydrogens (tertiary/aromatic N) is 1. The molecule has 0 N–H and O–H groups in total. The molecule has 0 spiro atoms. The third kappa shape index (κ3) is 3.11. The average molecular weight is 240 g/mol. The lowest BCUT2D eigenvalue weighted by atomic mass is 10.1. The first-order chi connectivity index (χ1) is 6.60. The van der Waals surface area contributed by atoms with Gasteiger partial charge in [0.2, 0.25) is 10.0 Å². The highest BCUT2D eigenvalue weighted by molar-refractivity contribution is 7.89. The van der Waals surface area contributed by atoms with Gasteiger partial charge in [-0.05, 0) is 18.8 Å². The summed E-state index contributed by atoms with van der Waals surface area (Å²) in [6.45, 7) is 3.52. The minimum atomic E-state index is -3.02. The minimum absolute atomic E-state index is 0.201. The molecular formula is C9H18ClNO2S. The lowest BCUT2D eigenvalue weighted by Gasteiger charge is -2.15. The normalized spacial score (nSPS) is 24.3. The molecule has 0 bridgehead atoms. The molecule has 0 aromatic heterocycles. The van der Waals surface area contributed by atoms with Crippen molar-refractivity contribution in [2.24, 2.45) is 5.92 Å². The van der Waals surface area contributed by atoms with Gasteiger partial charge in [0.25, 0.3) is 0 Å². The summed E-state index contributed by atoms with van der Waals surface area (Å²) in [5, 5.41) is 0. The van der Waals surface area contributed by atoms with Gasteiger partial charge in [-0.15, -0.1) is 11.6 Å². The van der Waals surface area contributed by atoms with Crippen LogP contribution in [0.5, 0.6) is 0 Å². The van der Waals surface area contributed by atoms with E-state index in [1.165, 1.54) is 0 Å². The van der Waals surface area contributed by atoms with Gasteiger partial charge >= 0.3 is 0 Å². The molecule has 0 aliphatic carbocycles. The molecule has 1 aliphatic heterocycles. The van der Waals surface area contributed by atoms with Crippen molar-refractivity contribution in [3.63, 3.8) is 0 Å². The number of sulfonamides is 1. The Morgan fingerprint density at radius 1 is 1.50 bits per heavy atom. The summed E-state index contributed by atoms with van der Waals surface area (Å²) < 4.78 is 25.1. The first kappa shape index (κ1) is 12.3. The molecule has 1 saturated heterocycles. The SMILES string of the molecule is CCC1CCN(S(=O)(=O)CCCCl)C1. The Morgan fingerprint density at radius 3 is 2.71 bits per heavy atom. The molecule has 14 heavy (non-hydrogen) atoms. The fourth-order valence-corrected chi connectivity index (χ4v) is 3.63. The molecule has 0 aromatic carbocycles.